The van der Waals surface area contributed by atoms with Gasteiger partial charge in [-0.25, -0.2) is 9.37 Å². The third-order valence-electron chi connectivity index (χ3n) is 2.72. The molecule has 0 bridgehead atoms. The molecule has 0 atom stereocenters. The quantitative estimate of drug-likeness (QED) is 0.800. The van der Waals surface area contributed by atoms with Crippen LogP contribution in [0.15, 0.2) is 18.2 Å². The van der Waals surface area contributed by atoms with E-state index in [4.69, 9.17) is 0 Å². The van der Waals surface area contributed by atoms with Crippen LogP contribution < -0.4 is 5.32 Å². The van der Waals surface area contributed by atoms with Crippen LogP contribution in [0, 0.1) is 6.92 Å². The van der Waals surface area contributed by atoms with Gasteiger partial charge in [0.25, 0.3) is 0 Å². The van der Waals surface area contributed by atoms with Crippen LogP contribution in [0.3, 0.4) is 0 Å². The van der Waals surface area contributed by atoms with Gasteiger partial charge in [0.1, 0.15) is 11.5 Å². The molecule has 0 saturated heterocycles. The summed E-state index contributed by atoms with van der Waals surface area (Å²) in [7, 11) is 0. The first kappa shape index (κ1) is 9.44. The van der Waals surface area contributed by atoms with Crippen molar-refractivity contribution >= 4 is 5.82 Å². The molecule has 1 heterocycles. The average Bonchev–Trinajstić information content (AvgIpc) is 2.12. The van der Waals surface area contributed by atoms with E-state index in [1.165, 1.54) is 0 Å². The molecule has 1 aliphatic rings. The highest BCUT2D eigenvalue weighted by Gasteiger charge is 2.36. The van der Waals surface area contributed by atoms with Crippen LogP contribution in [-0.2, 0) is 0 Å². The number of aromatic nitrogens is 1. The topological polar surface area (TPSA) is 24.9 Å². The van der Waals surface area contributed by atoms with E-state index >= 15 is 0 Å². The van der Waals surface area contributed by atoms with E-state index < -0.39 is 5.67 Å². The van der Waals surface area contributed by atoms with Gasteiger partial charge in [-0.05, 0) is 38.3 Å². The van der Waals surface area contributed by atoms with E-state index in [9.17, 15) is 4.39 Å². The zero-order valence-corrected chi connectivity index (χ0v) is 8.39. The molecule has 3 heteroatoms. The van der Waals surface area contributed by atoms with Crippen molar-refractivity contribution in [2.75, 3.05) is 11.9 Å². The Bertz CT molecular complexity index is 321. The monoisotopic (exact) mass is 194 g/mol. The third-order valence-corrected chi connectivity index (χ3v) is 2.72. The molecule has 1 fully saturated rings. The molecule has 0 aromatic carbocycles. The molecule has 1 aliphatic carbocycles. The summed E-state index contributed by atoms with van der Waals surface area (Å²) in [6.07, 6.45) is 2.39. The molecule has 1 saturated carbocycles. The number of pyridine rings is 1. The number of anilines is 1. The summed E-state index contributed by atoms with van der Waals surface area (Å²) in [5.74, 6) is 0.772. The highest BCUT2D eigenvalue weighted by molar-refractivity contribution is 5.35. The zero-order chi connectivity index (χ0) is 10.0. The molecule has 1 N–H and O–H groups in total. The number of hydrogen-bond donors (Lipinski definition) is 1. The van der Waals surface area contributed by atoms with E-state index in [1.54, 1.807) is 0 Å². The number of nitrogens with one attached hydrogen (secondary N) is 1. The summed E-state index contributed by atoms with van der Waals surface area (Å²) in [6.45, 7) is 2.32. The second-order valence-corrected chi connectivity index (χ2v) is 4.02. The zero-order valence-electron chi connectivity index (χ0n) is 8.39. The van der Waals surface area contributed by atoms with Crippen LogP contribution in [0.25, 0.3) is 0 Å². The van der Waals surface area contributed by atoms with Gasteiger partial charge in [0, 0.05) is 5.69 Å². The summed E-state index contributed by atoms with van der Waals surface area (Å²) in [6, 6.07) is 5.73. The lowest BCUT2D eigenvalue weighted by molar-refractivity contribution is 0.0783. The summed E-state index contributed by atoms with van der Waals surface area (Å²) in [4.78, 5) is 4.26. The first-order chi connectivity index (χ1) is 6.68. The number of rotatable bonds is 3. The summed E-state index contributed by atoms with van der Waals surface area (Å²) in [5.41, 5.74) is -0.0256. The van der Waals surface area contributed by atoms with Crippen molar-refractivity contribution in [1.29, 1.82) is 0 Å². The minimum atomic E-state index is -0.981. The molecule has 0 spiro atoms. The average molecular weight is 194 g/mol. The van der Waals surface area contributed by atoms with E-state index in [-0.39, 0.29) is 0 Å². The molecule has 1 aromatic heterocycles. The van der Waals surface area contributed by atoms with E-state index in [0.717, 1.165) is 17.9 Å². The Morgan fingerprint density at radius 1 is 1.50 bits per heavy atom. The fourth-order valence-corrected chi connectivity index (χ4v) is 1.63. The van der Waals surface area contributed by atoms with Crippen LogP contribution in [0.4, 0.5) is 10.2 Å². The van der Waals surface area contributed by atoms with Gasteiger partial charge >= 0.3 is 0 Å². The van der Waals surface area contributed by atoms with Crippen LogP contribution in [0.2, 0.25) is 0 Å². The second-order valence-electron chi connectivity index (χ2n) is 4.02. The Labute approximate surface area is 83.6 Å². The number of alkyl halides is 1. The van der Waals surface area contributed by atoms with E-state index in [2.05, 4.69) is 10.3 Å². The molecule has 0 aliphatic heterocycles. The van der Waals surface area contributed by atoms with Gasteiger partial charge in [-0.15, -0.1) is 0 Å². The van der Waals surface area contributed by atoms with Gasteiger partial charge in [0.2, 0.25) is 0 Å². The Morgan fingerprint density at radius 2 is 2.29 bits per heavy atom. The number of nitrogens with zero attached hydrogens (tertiary/aromatic N) is 1. The molecule has 2 nitrogen and oxygen atoms in total. The fraction of sp³-hybridized carbons (Fsp3) is 0.545. The smallest absolute Gasteiger partial charge is 0.128 e. The maximum Gasteiger partial charge on any atom is 0.128 e. The third kappa shape index (κ3) is 2.03. The first-order valence-electron chi connectivity index (χ1n) is 5.04. The van der Waals surface area contributed by atoms with Gasteiger partial charge in [-0.2, -0.15) is 0 Å². The van der Waals surface area contributed by atoms with Gasteiger partial charge in [0.05, 0.1) is 6.54 Å². The van der Waals surface area contributed by atoms with Crippen LogP contribution in [0.1, 0.15) is 25.0 Å². The molecular weight excluding hydrogens is 179 g/mol. The summed E-state index contributed by atoms with van der Waals surface area (Å²) < 4.78 is 13.6. The molecule has 0 amide bonds. The van der Waals surface area contributed by atoms with Gasteiger partial charge < -0.3 is 5.32 Å². The summed E-state index contributed by atoms with van der Waals surface area (Å²) >= 11 is 0. The standard InChI is InChI=1S/C11H15FN2/c1-9-4-2-5-10(14-9)13-8-11(12)6-3-7-11/h2,4-5H,3,6-8H2,1H3,(H,13,14). The number of aryl methyl sites for hydroxylation is 1. The Kier molecular flexibility index (Phi) is 2.40. The van der Waals surface area contributed by atoms with Gasteiger partial charge in [-0.1, -0.05) is 6.07 Å². The van der Waals surface area contributed by atoms with Crippen molar-refractivity contribution < 1.29 is 4.39 Å². The molecule has 0 unspecified atom stereocenters. The minimum Gasteiger partial charge on any atom is -0.367 e. The highest BCUT2D eigenvalue weighted by Crippen LogP contribution is 2.35. The van der Waals surface area contributed by atoms with Crippen molar-refractivity contribution in [3.8, 4) is 0 Å². The van der Waals surface area contributed by atoms with Crippen molar-refractivity contribution in [2.24, 2.45) is 0 Å². The van der Waals surface area contributed by atoms with Crippen LogP contribution >= 0.6 is 0 Å². The Morgan fingerprint density at radius 3 is 2.86 bits per heavy atom. The maximum atomic E-state index is 13.6. The minimum absolute atomic E-state index is 0.392. The summed E-state index contributed by atoms with van der Waals surface area (Å²) in [5, 5.41) is 3.04. The predicted molar refractivity (Wildman–Crippen MR) is 55.2 cm³/mol. The molecule has 0 radical (unpaired) electrons. The normalized spacial score (nSPS) is 18.7. The van der Waals surface area contributed by atoms with Crippen molar-refractivity contribution in [1.82, 2.24) is 4.98 Å². The maximum absolute atomic E-state index is 13.6. The molecule has 1 aromatic rings. The predicted octanol–water partition coefficient (Wildman–Crippen LogP) is 2.69. The van der Waals surface area contributed by atoms with E-state index in [0.29, 0.717) is 19.4 Å². The second kappa shape index (κ2) is 3.56. The van der Waals surface area contributed by atoms with Crippen LogP contribution in [-0.4, -0.2) is 17.2 Å². The molecule has 2 rings (SSSR count). The SMILES string of the molecule is Cc1cccc(NCC2(F)CCC2)n1. The largest absolute Gasteiger partial charge is 0.367 e. The molecule has 14 heavy (non-hydrogen) atoms. The molecular formula is C11H15FN2. The Hall–Kier alpha value is -1.12. The van der Waals surface area contributed by atoms with Crippen molar-refractivity contribution in [3.05, 3.63) is 23.9 Å². The lowest BCUT2D eigenvalue weighted by atomic mass is 9.82. The van der Waals surface area contributed by atoms with Crippen molar-refractivity contribution in [2.45, 2.75) is 31.9 Å². The van der Waals surface area contributed by atoms with Gasteiger partial charge in [-0.3, -0.25) is 0 Å². The molecule has 76 valence electrons. The van der Waals surface area contributed by atoms with Crippen molar-refractivity contribution in [3.63, 3.8) is 0 Å². The lowest BCUT2D eigenvalue weighted by Crippen LogP contribution is -2.39. The highest BCUT2D eigenvalue weighted by atomic mass is 19.1. The van der Waals surface area contributed by atoms with Crippen LogP contribution in [0.5, 0.6) is 0 Å². The van der Waals surface area contributed by atoms with Gasteiger partial charge in [0.15, 0.2) is 0 Å². The van der Waals surface area contributed by atoms with E-state index in [1.807, 2.05) is 25.1 Å². The number of hydrogen-bond acceptors (Lipinski definition) is 2. The first-order valence-corrected chi connectivity index (χ1v) is 5.04. The lowest BCUT2D eigenvalue weighted by Gasteiger charge is -2.33. The number of halogens is 1. The fourth-order valence-electron chi connectivity index (χ4n) is 1.63. The Balaban J connectivity index is 1.91.